The Morgan fingerprint density at radius 2 is 2.14 bits per heavy atom. The van der Waals surface area contributed by atoms with Crippen LogP contribution in [0.15, 0.2) is 30.5 Å². The number of rotatable bonds is 6. The maximum Gasteiger partial charge on any atom is 0.269 e. The molecule has 0 saturated carbocycles. The average Bonchev–Trinajstić information content (AvgIpc) is 2.88. The van der Waals surface area contributed by atoms with E-state index in [9.17, 15) is 4.79 Å². The molecule has 0 aliphatic carbocycles. The highest BCUT2D eigenvalue weighted by Crippen LogP contribution is 2.16. The normalized spacial score (nSPS) is 11.0. The minimum atomic E-state index is -0.514. The van der Waals surface area contributed by atoms with Crippen molar-refractivity contribution in [3.05, 3.63) is 47.3 Å². The van der Waals surface area contributed by atoms with Crippen molar-refractivity contribution in [3.8, 4) is 5.69 Å². The zero-order valence-electron chi connectivity index (χ0n) is 12.8. The molecular formula is C16H22N4O. The summed E-state index contributed by atoms with van der Waals surface area (Å²) in [7, 11) is 0. The Kier molecular flexibility index (Phi) is 4.75. The molecule has 0 saturated heterocycles. The summed E-state index contributed by atoms with van der Waals surface area (Å²) in [6.45, 7) is 8.14. The van der Waals surface area contributed by atoms with E-state index in [0.29, 0.717) is 5.92 Å². The summed E-state index contributed by atoms with van der Waals surface area (Å²) < 4.78 is 1.70. The molecular weight excluding hydrogens is 264 g/mol. The van der Waals surface area contributed by atoms with E-state index < -0.39 is 5.91 Å². The number of benzene rings is 1. The Morgan fingerprint density at radius 1 is 1.38 bits per heavy atom. The first-order chi connectivity index (χ1) is 9.97. The van der Waals surface area contributed by atoms with Crippen LogP contribution in [0.5, 0.6) is 0 Å². The van der Waals surface area contributed by atoms with Crippen molar-refractivity contribution in [2.24, 2.45) is 11.7 Å². The van der Waals surface area contributed by atoms with E-state index in [1.54, 1.807) is 16.9 Å². The van der Waals surface area contributed by atoms with Crippen LogP contribution in [0.1, 0.15) is 35.5 Å². The first-order valence-corrected chi connectivity index (χ1v) is 7.13. The standard InChI is InChI=1S/C16H22N4O/c1-11(2)9-18-10-13-8-12(3)4-5-15(13)20-7-6-14(19-20)16(17)21/h4-8,11,18H,9-10H2,1-3H3,(H2,17,21). The molecule has 112 valence electrons. The van der Waals surface area contributed by atoms with Crippen LogP contribution in [0, 0.1) is 12.8 Å². The van der Waals surface area contributed by atoms with Gasteiger partial charge in [0.25, 0.3) is 5.91 Å². The molecule has 1 aromatic carbocycles. The third-order valence-corrected chi connectivity index (χ3v) is 3.19. The average molecular weight is 286 g/mol. The lowest BCUT2D eigenvalue weighted by molar-refractivity contribution is 0.0995. The number of amides is 1. The molecule has 0 fully saturated rings. The predicted octanol–water partition coefficient (Wildman–Crippen LogP) is 2.03. The predicted molar refractivity (Wildman–Crippen MR) is 83.4 cm³/mol. The lowest BCUT2D eigenvalue weighted by Gasteiger charge is -2.13. The largest absolute Gasteiger partial charge is 0.364 e. The van der Waals surface area contributed by atoms with Crippen molar-refractivity contribution in [2.45, 2.75) is 27.3 Å². The van der Waals surface area contributed by atoms with Gasteiger partial charge in [0.15, 0.2) is 0 Å². The van der Waals surface area contributed by atoms with Gasteiger partial charge in [-0.05, 0) is 37.1 Å². The highest BCUT2D eigenvalue weighted by Gasteiger charge is 2.09. The van der Waals surface area contributed by atoms with Gasteiger partial charge in [-0.25, -0.2) is 4.68 Å². The molecule has 3 N–H and O–H groups in total. The summed E-state index contributed by atoms with van der Waals surface area (Å²) in [5, 5.41) is 7.66. The lowest BCUT2D eigenvalue weighted by Crippen LogP contribution is -2.20. The van der Waals surface area contributed by atoms with Crippen LogP contribution in [0.25, 0.3) is 5.69 Å². The van der Waals surface area contributed by atoms with Crippen molar-refractivity contribution in [1.29, 1.82) is 0 Å². The number of hydrogen-bond acceptors (Lipinski definition) is 3. The maximum absolute atomic E-state index is 11.2. The SMILES string of the molecule is Cc1ccc(-n2ccc(C(N)=O)n2)c(CNCC(C)C)c1. The van der Waals surface area contributed by atoms with Crippen LogP contribution >= 0.6 is 0 Å². The zero-order valence-corrected chi connectivity index (χ0v) is 12.8. The number of hydrogen-bond donors (Lipinski definition) is 2. The second-order valence-electron chi connectivity index (χ2n) is 5.67. The molecule has 0 atom stereocenters. The maximum atomic E-state index is 11.2. The number of carbonyl (C=O) groups excluding carboxylic acids is 1. The van der Waals surface area contributed by atoms with E-state index in [0.717, 1.165) is 24.3 Å². The number of nitrogens with zero attached hydrogens (tertiary/aromatic N) is 2. The number of nitrogens with two attached hydrogens (primary N) is 1. The Hall–Kier alpha value is -2.14. The third-order valence-electron chi connectivity index (χ3n) is 3.19. The number of primary amides is 1. The number of aromatic nitrogens is 2. The van der Waals surface area contributed by atoms with Gasteiger partial charge in [0.05, 0.1) is 5.69 Å². The van der Waals surface area contributed by atoms with Crippen LogP contribution in [-0.4, -0.2) is 22.2 Å². The molecule has 0 aliphatic rings. The first kappa shape index (κ1) is 15.3. The fourth-order valence-electron chi connectivity index (χ4n) is 2.16. The second-order valence-corrected chi connectivity index (χ2v) is 5.67. The van der Waals surface area contributed by atoms with Gasteiger partial charge < -0.3 is 11.1 Å². The van der Waals surface area contributed by atoms with E-state index in [-0.39, 0.29) is 5.69 Å². The monoisotopic (exact) mass is 286 g/mol. The molecule has 2 aromatic rings. The molecule has 21 heavy (non-hydrogen) atoms. The Labute approximate surface area is 125 Å². The molecule has 1 heterocycles. The van der Waals surface area contributed by atoms with E-state index in [1.807, 2.05) is 12.1 Å². The summed E-state index contributed by atoms with van der Waals surface area (Å²) in [5.41, 5.74) is 8.84. The summed E-state index contributed by atoms with van der Waals surface area (Å²) >= 11 is 0. The zero-order chi connectivity index (χ0) is 15.4. The van der Waals surface area contributed by atoms with Crippen LogP contribution in [0.3, 0.4) is 0 Å². The van der Waals surface area contributed by atoms with Gasteiger partial charge in [-0.1, -0.05) is 31.5 Å². The number of aryl methyl sites for hydroxylation is 1. The highest BCUT2D eigenvalue weighted by atomic mass is 16.1. The van der Waals surface area contributed by atoms with Crippen molar-refractivity contribution in [3.63, 3.8) is 0 Å². The van der Waals surface area contributed by atoms with Crippen molar-refractivity contribution in [1.82, 2.24) is 15.1 Å². The number of carbonyl (C=O) groups is 1. The number of nitrogens with one attached hydrogen (secondary N) is 1. The molecule has 5 nitrogen and oxygen atoms in total. The van der Waals surface area contributed by atoms with Crippen LogP contribution < -0.4 is 11.1 Å². The molecule has 2 rings (SSSR count). The molecule has 0 aliphatic heterocycles. The quantitative estimate of drug-likeness (QED) is 0.853. The second kappa shape index (κ2) is 6.54. The van der Waals surface area contributed by atoms with Gasteiger partial charge in [0.1, 0.15) is 5.69 Å². The smallest absolute Gasteiger partial charge is 0.269 e. The summed E-state index contributed by atoms with van der Waals surface area (Å²) in [6, 6.07) is 7.81. The minimum Gasteiger partial charge on any atom is -0.364 e. The van der Waals surface area contributed by atoms with E-state index in [1.165, 1.54) is 5.56 Å². The van der Waals surface area contributed by atoms with Crippen molar-refractivity contribution in [2.75, 3.05) is 6.54 Å². The van der Waals surface area contributed by atoms with E-state index in [4.69, 9.17) is 5.73 Å². The van der Waals surface area contributed by atoms with Gasteiger partial charge in [0.2, 0.25) is 0 Å². The first-order valence-electron chi connectivity index (χ1n) is 7.13. The summed E-state index contributed by atoms with van der Waals surface area (Å²) in [5.74, 6) is 0.0878. The Morgan fingerprint density at radius 3 is 2.76 bits per heavy atom. The lowest BCUT2D eigenvalue weighted by atomic mass is 10.1. The molecule has 1 aromatic heterocycles. The van der Waals surface area contributed by atoms with Crippen LogP contribution in [0.2, 0.25) is 0 Å². The van der Waals surface area contributed by atoms with Crippen LogP contribution in [-0.2, 0) is 6.54 Å². The van der Waals surface area contributed by atoms with Crippen molar-refractivity contribution >= 4 is 5.91 Å². The van der Waals surface area contributed by atoms with E-state index >= 15 is 0 Å². The molecule has 0 radical (unpaired) electrons. The summed E-state index contributed by atoms with van der Waals surface area (Å²) in [4.78, 5) is 11.2. The Balaban J connectivity index is 2.26. The third kappa shape index (κ3) is 3.92. The minimum absolute atomic E-state index is 0.275. The van der Waals surface area contributed by atoms with Crippen molar-refractivity contribution < 1.29 is 4.79 Å². The van der Waals surface area contributed by atoms with Gasteiger partial charge >= 0.3 is 0 Å². The van der Waals surface area contributed by atoms with Crippen LogP contribution in [0.4, 0.5) is 0 Å². The molecule has 1 amide bonds. The fraction of sp³-hybridized carbons (Fsp3) is 0.375. The molecule has 5 heteroatoms. The van der Waals surface area contributed by atoms with Gasteiger partial charge in [-0.2, -0.15) is 5.10 Å². The molecule has 0 bridgehead atoms. The topological polar surface area (TPSA) is 72.9 Å². The molecule has 0 unspecified atom stereocenters. The van der Waals surface area contributed by atoms with E-state index in [2.05, 4.69) is 37.3 Å². The fourth-order valence-corrected chi connectivity index (χ4v) is 2.16. The summed E-state index contributed by atoms with van der Waals surface area (Å²) in [6.07, 6.45) is 1.76. The van der Waals surface area contributed by atoms with Gasteiger partial charge in [-0.15, -0.1) is 0 Å². The highest BCUT2D eigenvalue weighted by molar-refractivity contribution is 5.90. The van der Waals surface area contributed by atoms with Gasteiger partial charge in [-0.3, -0.25) is 4.79 Å². The Bertz CT molecular complexity index is 631. The van der Waals surface area contributed by atoms with Gasteiger partial charge in [0, 0.05) is 12.7 Å². The molecule has 0 spiro atoms.